The number of sulfonamides is 1. The molecule has 0 aromatic heterocycles. The summed E-state index contributed by atoms with van der Waals surface area (Å²) in [4.78, 5) is 12.7. The van der Waals surface area contributed by atoms with Crippen molar-refractivity contribution >= 4 is 27.8 Å². The van der Waals surface area contributed by atoms with E-state index in [0.717, 1.165) is 21.0 Å². The summed E-state index contributed by atoms with van der Waals surface area (Å²) in [6, 6.07) is 22.7. The summed E-state index contributed by atoms with van der Waals surface area (Å²) in [5.74, 6) is -0.540. The SMILES string of the molecule is Cc1cccc(/C=N\NC(=O)CN(c2ccccc2C)S(=O)(=O)c2ccccc2)c1. The number of amides is 1. The summed E-state index contributed by atoms with van der Waals surface area (Å²) in [6.45, 7) is 3.37. The number of hydrazone groups is 1. The molecule has 0 fully saturated rings. The van der Waals surface area contributed by atoms with Crippen LogP contribution < -0.4 is 9.73 Å². The van der Waals surface area contributed by atoms with Gasteiger partial charge in [-0.15, -0.1) is 0 Å². The molecular weight excluding hydrogens is 398 g/mol. The van der Waals surface area contributed by atoms with Crippen molar-refractivity contribution in [1.82, 2.24) is 5.43 Å². The molecule has 1 N–H and O–H groups in total. The van der Waals surface area contributed by atoms with E-state index in [1.54, 1.807) is 43.3 Å². The van der Waals surface area contributed by atoms with Gasteiger partial charge in [-0.25, -0.2) is 13.8 Å². The molecule has 0 saturated carbocycles. The summed E-state index contributed by atoms with van der Waals surface area (Å²) < 4.78 is 27.6. The molecule has 3 aromatic rings. The number of para-hydroxylation sites is 1. The zero-order valence-electron chi connectivity index (χ0n) is 16.8. The van der Waals surface area contributed by atoms with Crippen molar-refractivity contribution in [3.05, 3.63) is 95.6 Å². The second-order valence-corrected chi connectivity index (χ2v) is 8.68. The molecule has 0 aliphatic rings. The first-order chi connectivity index (χ1) is 14.4. The zero-order chi connectivity index (χ0) is 21.6. The van der Waals surface area contributed by atoms with Gasteiger partial charge in [0.15, 0.2) is 0 Å². The Morgan fingerprint density at radius 2 is 1.67 bits per heavy atom. The highest BCUT2D eigenvalue weighted by molar-refractivity contribution is 7.92. The third-order valence-electron chi connectivity index (χ3n) is 4.45. The van der Waals surface area contributed by atoms with Crippen molar-refractivity contribution in [2.75, 3.05) is 10.8 Å². The van der Waals surface area contributed by atoms with Crippen LogP contribution >= 0.6 is 0 Å². The fourth-order valence-corrected chi connectivity index (χ4v) is 4.46. The largest absolute Gasteiger partial charge is 0.271 e. The molecule has 0 saturated heterocycles. The van der Waals surface area contributed by atoms with Gasteiger partial charge < -0.3 is 0 Å². The Morgan fingerprint density at radius 3 is 2.37 bits per heavy atom. The van der Waals surface area contributed by atoms with E-state index < -0.39 is 22.5 Å². The molecule has 0 aliphatic heterocycles. The average molecular weight is 422 g/mol. The number of hydrogen-bond donors (Lipinski definition) is 1. The fraction of sp³-hybridized carbons (Fsp3) is 0.130. The van der Waals surface area contributed by atoms with Crippen molar-refractivity contribution in [1.29, 1.82) is 0 Å². The number of benzene rings is 3. The Balaban J connectivity index is 1.84. The topological polar surface area (TPSA) is 78.8 Å². The lowest BCUT2D eigenvalue weighted by Crippen LogP contribution is -2.40. The van der Waals surface area contributed by atoms with Gasteiger partial charge in [0.1, 0.15) is 6.54 Å². The molecular formula is C23H23N3O3S. The summed E-state index contributed by atoms with van der Waals surface area (Å²) in [6.07, 6.45) is 1.52. The molecule has 3 rings (SSSR count). The second-order valence-electron chi connectivity index (χ2n) is 6.82. The van der Waals surface area contributed by atoms with E-state index >= 15 is 0 Å². The monoisotopic (exact) mass is 421 g/mol. The van der Waals surface area contributed by atoms with E-state index in [-0.39, 0.29) is 4.90 Å². The van der Waals surface area contributed by atoms with Crippen LogP contribution in [0.1, 0.15) is 16.7 Å². The molecule has 7 heteroatoms. The molecule has 0 atom stereocenters. The van der Waals surface area contributed by atoms with Crippen LogP contribution in [0.15, 0.2) is 88.9 Å². The molecule has 0 aliphatic carbocycles. The number of nitrogens with zero attached hydrogens (tertiary/aromatic N) is 2. The van der Waals surface area contributed by atoms with Gasteiger partial charge in [-0.1, -0.05) is 66.2 Å². The van der Waals surface area contributed by atoms with Crippen LogP contribution in [0.2, 0.25) is 0 Å². The van der Waals surface area contributed by atoms with Gasteiger partial charge in [0.05, 0.1) is 16.8 Å². The van der Waals surface area contributed by atoms with Crippen molar-refractivity contribution < 1.29 is 13.2 Å². The first kappa shape index (κ1) is 21.3. The predicted octanol–water partition coefficient (Wildman–Crippen LogP) is 3.65. The van der Waals surface area contributed by atoms with Crippen LogP contribution in [-0.2, 0) is 14.8 Å². The summed E-state index contributed by atoms with van der Waals surface area (Å²) >= 11 is 0. The van der Waals surface area contributed by atoms with Gasteiger partial charge in [-0.3, -0.25) is 9.10 Å². The number of hydrogen-bond acceptors (Lipinski definition) is 4. The normalized spacial score (nSPS) is 11.4. The van der Waals surface area contributed by atoms with Crippen molar-refractivity contribution in [2.45, 2.75) is 18.7 Å². The highest BCUT2D eigenvalue weighted by atomic mass is 32.2. The molecule has 0 radical (unpaired) electrons. The maximum absolute atomic E-state index is 13.3. The van der Waals surface area contributed by atoms with E-state index in [4.69, 9.17) is 0 Å². The fourth-order valence-electron chi connectivity index (χ4n) is 2.96. The van der Waals surface area contributed by atoms with Gasteiger partial charge in [0, 0.05) is 0 Å². The summed E-state index contributed by atoms with van der Waals surface area (Å²) in [7, 11) is -3.93. The Morgan fingerprint density at radius 1 is 0.967 bits per heavy atom. The average Bonchev–Trinajstić information content (AvgIpc) is 2.73. The first-order valence-corrected chi connectivity index (χ1v) is 10.8. The first-order valence-electron chi connectivity index (χ1n) is 9.40. The maximum Gasteiger partial charge on any atom is 0.264 e. The van der Waals surface area contributed by atoms with Crippen LogP contribution in [0.4, 0.5) is 5.69 Å². The second kappa shape index (κ2) is 9.37. The number of rotatable bonds is 7. The Labute approximate surface area is 176 Å². The number of anilines is 1. The molecule has 1 amide bonds. The molecule has 0 spiro atoms. The third kappa shape index (κ3) is 5.12. The standard InChI is InChI=1S/C23H23N3O3S/c1-18-9-8-11-20(15-18)16-24-25-23(27)17-26(22-14-7-6-10-19(22)2)30(28,29)21-12-4-3-5-13-21/h3-16H,17H2,1-2H3,(H,25,27)/b24-16-. The van der Waals surface area contributed by atoms with Crippen LogP contribution in [-0.4, -0.2) is 27.1 Å². The summed E-state index contributed by atoms with van der Waals surface area (Å²) in [5, 5.41) is 3.96. The number of carbonyl (C=O) groups excluding carboxylic acids is 1. The van der Waals surface area contributed by atoms with Crippen LogP contribution in [0.5, 0.6) is 0 Å². The lowest BCUT2D eigenvalue weighted by atomic mass is 10.2. The maximum atomic E-state index is 13.3. The minimum Gasteiger partial charge on any atom is -0.271 e. The third-order valence-corrected chi connectivity index (χ3v) is 6.22. The lowest BCUT2D eigenvalue weighted by Gasteiger charge is -2.25. The van der Waals surface area contributed by atoms with Gasteiger partial charge in [0.25, 0.3) is 15.9 Å². The van der Waals surface area contributed by atoms with Gasteiger partial charge >= 0.3 is 0 Å². The number of carbonyl (C=O) groups is 1. The Hall–Kier alpha value is -3.45. The Bertz CT molecular complexity index is 1160. The molecule has 154 valence electrons. The van der Waals surface area contributed by atoms with E-state index in [1.807, 2.05) is 37.3 Å². The van der Waals surface area contributed by atoms with Crippen molar-refractivity contribution in [3.8, 4) is 0 Å². The number of nitrogens with one attached hydrogen (secondary N) is 1. The molecule has 0 unspecified atom stereocenters. The molecule has 30 heavy (non-hydrogen) atoms. The predicted molar refractivity (Wildman–Crippen MR) is 119 cm³/mol. The number of aryl methyl sites for hydroxylation is 2. The lowest BCUT2D eigenvalue weighted by molar-refractivity contribution is -0.119. The van der Waals surface area contributed by atoms with E-state index in [1.165, 1.54) is 18.3 Å². The van der Waals surface area contributed by atoms with Gasteiger partial charge in [0.2, 0.25) is 0 Å². The molecule has 0 heterocycles. The zero-order valence-corrected chi connectivity index (χ0v) is 17.6. The van der Waals surface area contributed by atoms with Gasteiger partial charge in [-0.05, 0) is 43.2 Å². The molecule has 6 nitrogen and oxygen atoms in total. The van der Waals surface area contributed by atoms with E-state index in [0.29, 0.717) is 5.69 Å². The molecule has 3 aromatic carbocycles. The summed E-state index contributed by atoms with van der Waals surface area (Å²) in [5.41, 5.74) is 5.52. The van der Waals surface area contributed by atoms with Crippen LogP contribution in [0.25, 0.3) is 0 Å². The smallest absolute Gasteiger partial charge is 0.264 e. The highest BCUT2D eigenvalue weighted by Gasteiger charge is 2.27. The van der Waals surface area contributed by atoms with Crippen molar-refractivity contribution in [2.24, 2.45) is 5.10 Å². The molecule has 0 bridgehead atoms. The van der Waals surface area contributed by atoms with E-state index in [9.17, 15) is 13.2 Å². The van der Waals surface area contributed by atoms with Gasteiger partial charge in [-0.2, -0.15) is 5.10 Å². The van der Waals surface area contributed by atoms with Crippen LogP contribution in [0.3, 0.4) is 0 Å². The van der Waals surface area contributed by atoms with Crippen LogP contribution in [0, 0.1) is 13.8 Å². The van der Waals surface area contributed by atoms with E-state index in [2.05, 4.69) is 10.5 Å². The highest BCUT2D eigenvalue weighted by Crippen LogP contribution is 2.26. The van der Waals surface area contributed by atoms with Crippen molar-refractivity contribution in [3.63, 3.8) is 0 Å². The quantitative estimate of drug-likeness (QED) is 0.467. The minimum absolute atomic E-state index is 0.115. The Kier molecular flexibility index (Phi) is 6.64. The minimum atomic E-state index is -3.93.